The SMILES string of the molecule is Cc1cc(-c2nnc3n2CC(C)(C2CC2)C3)n(C)n1. The summed E-state index contributed by atoms with van der Waals surface area (Å²) in [6.07, 6.45) is 3.84. The molecule has 2 aromatic rings. The smallest absolute Gasteiger partial charge is 0.182 e. The minimum Gasteiger partial charge on any atom is -0.309 e. The maximum absolute atomic E-state index is 4.41. The van der Waals surface area contributed by atoms with Crippen LogP contribution in [0.1, 0.15) is 31.3 Å². The summed E-state index contributed by atoms with van der Waals surface area (Å²) >= 11 is 0. The zero-order valence-corrected chi connectivity index (χ0v) is 11.7. The van der Waals surface area contributed by atoms with Crippen molar-refractivity contribution in [2.45, 2.75) is 39.7 Å². The topological polar surface area (TPSA) is 48.5 Å². The fourth-order valence-electron chi connectivity index (χ4n) is 3.47. The van der Waals surface area contributed by atoms with Crippen molar-refractivity contribution in [3.8, 4) is 11.5 Å². The molecule has 1 saturated carbocycles. The maximum Gasteiger partial charge on any atom is 0.182 e. The first-order valence-corrected chi connectivity index (χ1v) is 7.00. The van der Waals surface area contributed by atoms with Gasteiger partial charge in [0.1, 0.15) is 11.5 Å². The Morgan fingerprint density at radius 1 is 1.32 bits per heavy atom. The normalized spacial score (nSPS) is 25.8. The number of aromatic nitrogens is 5. The zero-order valence-electron chi connectivity index (χ0n) is 11.7. The molecular weight excluding hydrogens is 238 g/mol. The van der Waals surface area contributed by atoms with Crippen LogP contribution in [-0.4, -0.2) is 24.5 Å². The van der Waals surface area contributed by atoms with Crippen molar-refractivity contribution in [3.63, 3.8) is 0 Å². The van der Waals surface area contributed by atoms with E-state index in [0.717, 1.165) is 41.9 Å². The lowest BCUT2D eigenvalue weighted by Crippen LogP contribution is -2.21. The van der Waals surface area contributed by atoms with Gasteiger partial charge in [0.2, 0.25) is 0 Å². The van der Waals surface area contributed by atoms with Crippen LogP contribution in [0, 0.1) is 18.3 Å². The van der Waals surface area contributed by atoms with Crippen LogP contribution >= 0.6 is 0 Å². The first-order chi connectivity index (χ1) is 9.07. The molecule has 19 heavy (non-hydrogen) atoms. The Hall–Kier alpha value is -1.65. The van der Waals surface area contributed by atoms with Crippen LogP contribution in [0.2, 0.25) is 0 Å². The highest BCUT2D eigenvalue weighted by molar-refractivity contribution is 5.51. The van der Waals surface area contributed by atoms with Crippen molar-refractivity contribution >= 4 is 0 Å². The lowest BCUT2D eigenvalue weighted by molar-refractivity contribution is 0.266. The summed E-state index contributed by atoms with van der Waals surface area (Å²) in [5, 5.41) is 13.2. The molecule has 1 aliphatic heterocycles. The molecule has 1 unspecified atom stereocenters. The van der Waals surface area contributed by atoms with Gasteiger partial charge in [-0.2, -0.15) is 5.10 Å². The van der Waals surface area contributed by atoms with E-state index < -0.39 is 0 Å². The van der Waals surface area contributed by atoms with E-state index >= 15 is 0 Å². The molecule has 2 aliphatic rings. The highest BCUT2D eigenvalue weighted by atomic mass is 15.3. The van der Waals surface area contributed by atoms with Crippen molar-refractivity contribution in [1.29, 1.82) is 0 Å². The predicted molar refractivity (Wildman–Crippen MR) is 71.5 cm³/mol. The van der Waals surface area contributed by atoms with E-state index in [4.69, 9.17) is 0 Å². The van der Waals surface area contributed by atoms with Crippen LogP contribution in [0.25, 0.3) is 11.5 Å². The van der Waals surface area contributed by atoms with Gasteiger partial charge in [-0.15, -0.1) is 10.2 Å². The van der Waals surface area contributed by atoms with Crippen molar-refractivity contribution in [3.05, 3.63) is 17.6 Å². The minimum atomic E-state index is 0.396. The van der Waals surface area contributed by atoms with E-state index in [1.54, 1.807) is 0 Å². The summed E-state index contributed by atoms with van der Waals surface area (Å²) in [6, 6.07) is 2.09. The molecule has 0 N–H and O–H groups in total. The largest absolute Gasteiger partial charge is 0.309 e. The molecule has 1 fully saturated rings. The van der Waals surface area contributed by atoms with E-state index in [9.17, 15) is 0 Å². The van der Waals surface area contributed by atoms with Gasteiger partial charge in [0.05, 0.1) is 5.69 Å². The lowest BCUT2D eigenvalue weighted by Gasteiger charge is -2.22. The van der Waals surface area contributed by atoms with Gasteiger partial charge in [0.15, 0.2) is 5.82 Å². The third-order valence-electron chi connectivity index (χ3n) is 4.70. The molecule has 0 aromatic carbocycles. The van der Waals surface area contributed by atoms with Crippen LogP contribution in [0.3, 0.4) is 0 Å². The summed E-state index contributed by atoms with van der Waals surface area (Å²) in [7, 11) is 1.97. The Bertz CT molecular complexity index is 649. The monoisotopic (exact) mass is 257 g/mol. The van der Waals surface area contributed by atoms with Crippen molar-refractivity contribution in [2.24, 2.45) is 18.4 Å². The molecule has 5 heteroatoms. The number of rotatable bonds is 2. The second kappa shape index (κ2) is 3.46. The molecule has 0 spiro atoms. The second-order valence-electron chi connectivity index (χ2n) is 6.43. The molecular formula is C14H19N5. The van der Waals surface area contributed by atoms with Gasteiger partial charge in [-0.05, 0) is 37.2 Å². The van der Waals surface area contributed by atoms with Crippen molar-refractivity contribution in [2.75, 3.05) is 0 Å². The summed E-state index contributed by atoms with van der Waals surface area (Å²) in [6.45, 7) is 5.47. The fraction of sp³-hybridized carbons (Fsp3) is 0.643. The summed E-state index contributed by atoms with van der Waals surface area (Å²) in [5.41, 5.74) is 2.49. The van der Waals surface area contributed by atoms with E-state index in [0.29, 0.717) is 5.41 Å². The average Bonchev–Trinajstić information content (AvgIpc) is 2.97. The molecule has 0 amide bonds. The minimum absolute atomic E-state index is 0.396. The maximum atomic E-state index is 4.41. The first-order valence-electron chi connectivity index (χ1n) is 7.00. The molecule has 1 atom stereocenters. The number of nitrogens with zero attached hydrogens (tertiary/aromatic N) is 5. The van der Waals surface area contributed by atoms with Crippen LogP contribution in [0.4, 0.5) is 0 Å². The second-order valence-corrected chi connectivity index (χ2v) is 6.43. The van der Waals surface area contributed by atoms with Crippen LogP contribution < -0.4 is 0 Å². The summed E-state index contributed by atoms with van der Waals surface area (Å²) in [5.74, 6) is 3.00. The zero-order chi connectivity index (χ0) is 13.2. The van der Waals surface area contributed by atoms with E-state index in [1.165, 1.54) is 12.8 Å². The van der Waals surface area contributed by atoms with Crippen LogP contribution in [-0.2, 0) is 20.0 Å². The Morgan fingerprint density at radius 2 is 2.11 bits per heavy atom. The van der Waals surface area contributed by atoms with Gasteiger partial charge in [-0.1, -0.05) is 6.92 Å². The summed E-state index contributed by atoms with van der Waals surface area (Å²) < 4.78 is 4.20. The van der Waals surface area contributed by atoms with E-state index in [1.807, 2.05) is 18.7 Å². The number of hydrogen-bond donors (Lipinski definition) is 0. The first kappa shape index (κ1) is 11.2. The molecule has 4 rings (SSSR count). The van der Waals surface area contributed by atoms with E-state index in [-0.39, 0.29) is 0 Å². The average molecular weight is 257 g/mol. The Kier molecular flexibility index (Phi) is 2.04. The Labute approximate surface area is 112 Å². The standard InChI is InChI=1S/C14H19N5/c1-9-6-11(18(3)17-9)13-16-15-12-7-14(2,8-19(12)13)10-4-5-10/h6,10H,4-5,7-8H2,1-3H3. The van der Waals surface area contributed by atoms with Crippen LogP contribution in [0.5, 0.6) is 0 Å². The van der Waals surface area contributed by atoms with Crippen LogP contribution in [0.15, 0.2) is 6.07 Å². The lowest BCUT2D eigenvalue weighted by atomic mass is 9.83. The third kappa shape index (κ3) is 1.57. The van der Waals surface area contributed by atoms with Gasteiger partial charge < -0.3 is 4.57 Å². The molecule has 5 nitrogen and oxygen atoms in total. The quantitative estimate of drug-likeness (QED) is 0.826. The molecule has 2 aromatic heterocycles. The van der Waals surface area contributed by atoms with Gasteiger partial charge in [-0.3, -0.25) is 4.68 Å². The molecule has 0 saturated heterocycles. The molecule has 0 bridgehead atoms. The Balaban J connectivity index is 1.76. The molecule has 3 heterocycles. The molecule has 1 aliphatic carbocycles. The Morgan fingerprint density at radius 3 is 2.74 bits per heavy atom. The van der Waals surface area contributed by atoms with Crippen molar-refractivity contribution in [1.82, 2.24) is 24.5 Å². The highest BCUT2D eigenvalue weighted by Gasteiger charge is 2.47. The third-order valence-corrected chi connectivity index (χ3v) is 4.70. The van der Waals surface area contributed by atoms with Gasteiger partial charge in [-0.25, -0.2) is 0 Å². The number of aryl methyl sites for hydroxylation is 2. The number of hydrogen-bond acceptors (Lipinski definition) is 3. The molecule has 100 valence electrons. The van der Waals surface area contributed by atoms with E-state index in [2.05, 4.69) is 32.9 Å². The predicted octanol–water partition coefficient (Wildman–Crippen LogP) is 1.96. The van der Waals surface area contributed by atoms with Crippen molar-refractivity contribution < 1.29 is 0 Å². The molecule has 0 radical (unpaired) electrons. The highest BCUT2D eigenvalue weighted by Crippen LogP contribution is 2.51. The summed E-state index contributed by atoms with van der Waals surface area (Å²) in [4.78, 5) is 0. The van der Waals surface area contributed by atoms with Gasteiger partial charge in [0, 0.05) is 20.0 Å². The van der Waals surface area contributed by atoms with Gasteiger partial charge >= 0.3 is 0 Å². The fourth-order valence-corrected chi connectivity index (χ4v) is 3.47. The van der Waals surface area contributed by atoms with Gasteiger partial charge in [0.25, 0.3) is 0 Å². The number of fused-ring (bicyclic) bond motifs is 1.